The van der Waals surface area contributed by atoms with E-state index in [1.807, 2.05) is 6.08 Å². The lowest BCUT2D eigenvalue weighted by molar-refractivity contribution is -0.123. The molecule has 0 bridgehead atoms. The van der Waals surface area contributed by atoms with E-state index in [0.29, 0.717) is 6.42 Å². The maximum Gasteiger partial charge on any atom is 0.220 e. The Morgan fingerprint density at radius 1 is 0.391 bits per heavy atom. The molecule has 4 heteroatoms. The molecule has 0 saturated heterocycles. The zero-order chi connectivity index (χ0) is 46.3. The molecule has 2 atom stereocenters. The van der Waals surface area contributed by atoms with E-state index in [0.717, 1.165) is 89.9 Å². The third-order valence-corrected chi connectivity index (χ3v) is 12.1. The molecule has 0 aromatic carbocycles. The van der Waals surface area contributed by atoms with E-state index in [4.69, 9.17) is 0 Å². The topological polar surface area (TPSA) is 69.6 Å². The van der Waals surface area contributed by atoms with Crippen LogP contribution in [0.15, 0.2) is 97.2 Å². The number of hydrogen-bond donors (Lipinski definition) is 3. The Kier molecular flexibility index (Phi) is 52.3. The molecule has 0 rings (SSSR count). The molecule has 0 fully saturated rings. The van der Waals surface area contributed by atoms with Crippen LogP contribution in [0.2, 0.25) is 0 Å². The highest BCUT2D eigenvalue weighted by Gasteiger charge is 2.17. The molecule has 3 N–H and O–H groups in total. The van der Waals surface area contributed by atoms with E-state index in [-0.39, 0.29) is 12.5 Å². The van der Waals surface area contributed by atoms with Gasteiger partial charge < -0.3 is 15.5 Å². The van der Waals surface area contributed by atoms with Crippen LogP contribution in [0.1, 0.15) is 258 Å². The number of hydrogen-bond acceptors (Lipinski definition) is 3. The van der Waals surface area contributed by atoms with Crippen molar-refractivity contribution in [3.63, 3.8) is 0 Å². The van der Waals surface area contributed by atoms with Gasteiger partial charge in [-0.1, -0.05) is 265 Å². The number of aliphatic hydroxyl groups is 2. The van der Waals surface area contributed by atoms with Gasteiger partial charge in [-0.3, -0.25) is 4.79 Å². The number of nitrogens with one attached hydrogen (secondary N) is 1. The molecule has 0 aliphatic carbocycles. The van der Waals surface area contributed by atoms with Gasteiger partial charge in [-0.25, -0.2) is 0 Å². The summed E-state index contributed by atoms with van der Waals surface area (Å²) < 4.78 is 0. The van der Waals surface area contributed by atoms with Crippen LogP contribution in [-0.2, 0) is 4.79 Å². The predicted molar refractivity (Wildman–Crippen MR) is 285 cm³/mol. The molecule has 0 radical (unpaired) electrons. The molecule has 64 heavy (non-hydrogen) atoms. The van der Waals surface area contributed by atoms with Gasteiger partial charge in [0.15, 0.2) is 0 Å². The fourth-order valence-corrected chi connectivity index (χ4v) is 7.90. The quantitative estimate of drug-likeness (QED) is 0.0421. The lowest BCUT2D eigenvalue weighted by Crippen LogP contribution is -2.45. The smallest absolute Gasteiger partial charge is 0.220 e. The average Bonchev–Trinajstić information content (AvgIpc) is 3.30. The van der Waals surface area contributed by atoms with Gasteiger partial charge in [0.05, 0.1) is 18.8 Å². The predicted octanol–water partition coefficient (Wildman–Crippen LogP) is 18.1. The second-order valence-corrected chi connectivity index (χ2v) is 18.3. The van der Waals surface area contributed by atoms with Crippen LogP contribution in [0.25, 0.3) is 0 Å². The van der Waals surface area contributed by atoms with Gasteiger partial charge in [0.1, 0.15) is 0 Å². The number of unbranched alkanes of at least 4 members (excludes halogenated alkanes) is 28. The molecule has 4 nitrogen and oxygen atoms in total. The van der Waals surface area contributed by atoms with Crippen molar-refractivity contribution in [3.05, 3.63) is 97.2 Å². The Morgan fingerprint density at radius 2 is 0.703 bits per heavy atom. The molecule has 1 amide bonds. The van der Waals surface area contributed by atoms with Crippen molar-refractivity contribution < 1.29 is 15.0 Å². The van der Waals surface area contributed by atoms with E-state index in [1.165, 1.54) is 148 Å². The highest BCUT2D eigenvalue weighted by Crippen LogP contribution is 2.16. The third-order valence-electron chi connectivity index (χ3n) is 12.1. The molecule has 2 unspecified atom stereocenters. The number of aliphatic hydroxyl groups excluding tert-OH is 2. The van der Waals surface area contributed by atoms with E-state index >= 15 is 0 Å². The van der Waals surface area contributed by atoms with Gasteiger partial charge in [-0.05, 0) is 83.5 Å². The van der Waals surface area contributed by atoms with E-state index in [9.17, 15) is 15.0 Å². The van der Waals surface area contributed by atoms with Crippen molar-refractivity contribution in [2.45, 2.75) is 270 Å². The van der Waals surface area contributed by atoms with Crippen LogP contribution in [-0.4, -0.2) is 34.9 Å². The molecule has 0 aromatic heterocycles. The first kappa shape index (κ1) is 61.3. The first-order valence-corrected chi connectivity index (χ1v) is 27.5. The molecular weight excluding hydrogens is 783 g/mol. The van der Waals surface area contributed by atoms with Crippen molar-refractivity contribution in [1.82, 2.24) is 5.32 Å². The highest BCUT2D eigenvalue weighted by atomic mass is 16.3. The summed E-state index contributed by atoms with van der Waals surface area (Å²) in [6, 6.07) is -0.661. The largest absolute Gasteiger partial charge is 0.394 e. The van der Waals surface area contributed by atoms with Crippen LogP contribution >= 0.6 is 0 Å². The van der Waals surface area contributed by atoms with Gasteiger partial charge in [0.2, 0.25) is 5.91 Å². The molecule has 0 spiro atoms. The van der Waals surface area contributed by atoms with Crippen molar-refractivity contribution in [1.29, 1.82) is 0 Å². The summed E-state index contributed by atoms with van der Waals surface area (Å²) in [4.78, 5) is 12.4. The highest BCUT2D eigenvalue weighted by molar-refractivity contribution is 5.76. The standard InChI is InChI=1S/C60H105NO3/c1-3-5-7-9-11-13-15-17-19-21-23-25-27-28-29-30-31-32-34-35-37-39-41-43-45-47-49-51-53-55-59(63)58(57-62)61-60(64)56-54-52-50-48-46-44-42-40-38-36-33-26-24-22-20-18-16-14-12-10-8-6-4-2/h6,8,12,14,18,20,24,26,36,38,42,44-45,47,53,55,58-59,62-63H,3-5,7,9-11,13,15-17,19,21-23,25,27-35,37,39-41,43,46,48-52,54,56-57H2,1-2H3,(H,61,64)/b8-6-,14-12-,20-18-,26-24-,38-36-,44-42-,47-45+,55-53+. The summed E-state index contributed by atoms with van der Waals surface area (Å²) in [5.74, 6) is -0.100. The molecule has 368 valence electrons. The SMILES string of the molecule is CC/C=C\C/C=C\C/C=C\C/C=C\C/C=C\C/C=C\CCCCCCC(=O)NC(CO)C(O)/C=C/CC/C=C/CCCCCCCCCCCCCCCCCCCCCCCCC. The van der Waals surface area contributed by atoms with Crippen LogP contribution < -0.4 is 5.32 Å². The lowest BCUT2D eigenvalue weighted by atomic mass is 10.0. The summed E-state index contributed by atoms with van der Waals surface area (Å²) in [5.41, 5.74) is 0. The fraction of sp³-hybridized carbons (Fsp3) is 0.717. The van der Waals surface area contributed by atoms with Gasteiger partial charge in [0.25, 0.3) is 0 Å². The molecular formula is C60H105NO3. The number of carbonyl (C=O) groups is 1. The van der Waals surface area contributed by atoms with E-state index in [2.05, 4.69) is 104 Å². The Labute approximate surface area is 398 Å². The van der Waals surface area contributed by atoms with Crippen LogP contribution in [0.3, 0.4) is 0 Å². The van der Waals surface area contributed by atoms with Crippen molar-refractivity contribution >= 4 is 5.91 Å². The molecule has 0 aliphatic heterocycles. The van der Waals surface area contributed by atoms with Crippen molar-refractivity contribution in [2.24, 2.45) is 0 Å². The number of carbonyl (C=O) groups excluding carboxylic acids is 1. The van der Waals surface area contributed by atoms with Gasteiger partial charge in [-0.2, -0.15) is 0 Å². The molecule has 0 heterocycles. The Hall–Kier alpha value is -2.69. The monoisotopic (exact) mass is 888 g/mol. The Balaban J connectivity index is 3.62. The molecule has 0 aliphatic rings. The zero-order valence-electron chi connectivity index (χ0n) is 42.3. The average molecular weight is 889 g/mol. The summed E-state index contributed by atoms with van der Waals surface area (Å²) in [5, 5.41) is 23.1. The normalized spacial score (nSPS) is 13.6. The number of amides is 1. The first-order valence-electron chi connectivity index (χ1n) is 27.5. The maximum atomic E-state index is 12.4. The van der Waals surface area contributed by atoms with Gasteiger partial charge >= 0.3 is 0 Å². The summed E-state index contributed by atoms with van der Waals surface area (Å²) in [6.07, 6.45) is 81.4. The van der Waals surface area contributed by atoms with Crippen molar-refractivity contribution in [3.8, 4) is 0 Å². The minimum Gasteiger partial charge on any atom is -0.394 e. The summed E-state index contributed by atoms with van der Waals surface area (Å²) >= 11 is 0. The maximum absolute atomic E-state index is 12.4. The number of rotatable bonds is 49. The Bertz CT molecular complexity index is 1190. The number of allylic oxidation sites excluding steroid dienone is 15. The van der Waals surface area contributed by atoms with E-state index in [1.54, 1.807) is 6.08 Å². The van der Waals surface area contributed by atoms with Gasteiger partial charge in [-0.15, -0.1) is 0 Å². The fourth-order valence-electron chi connectivity index (χ4n) is 7.90. The second-order valence-electron chi connectivity index (χ2n) is 18.3. The zero-order valence-corrected chi connectivity index (χ0v) is 42.3. The second kappa shape index (κ2) is 54.6. The minimum absolute atomic E-state index is 0.100. The van der Waals surface area contributed by atoms with Gasteiger partial charge in [0, 0.05) is 6.42 Å². The molecule has 0 saturated carbocycles. The van der Waals surface area contributed by atoms with E-state index < -0.39 is 12.1 Å². The third kappa shape index (κ3) is 50.3. The first-order chi connectivity index (χ1) is 31.7. The Morgan fingerprint density at radius 3 is 1.09 bits per heavy atom. The lowest BCUT2D eigenvalue weighted by Gasteiger charge is -2.19. The van der Waals surface area contributed by atoms with Crippen molar-refractivity contribution in [2.75, 3.05) is 6.61 Å². The molecule has 0 aromatic rings. The van der Waals surface area contributed by atoms with Crippen LogP contribution in [0, 0.1) is 0 Å². The van der Waals surface area contributed by atoms with Crippen LogP contribution in [0.4, 0.5) is 0 Å². The van der Waals surface area contributed by atoms with Crippen LogP contribution in [0.5, 0.6) is 0 Å². The minimum atomic E-state index is -0.881. The summed E-state index contributed by atoms with van der Waals surface area (Å²) in [7, 11) is 0. The summed E-state index contributed by atoms with van der Waals surface area (Å²) in [6.45, 7) is 4.18.